The largest absolute Gasteiger partial charge is 0.417 e. The smallest absolute Gasteiger partial charge is 0.268 e. The van der Waals surface area contributed by atoms with Crippen LogP contribution in [0.3, 0.4) is 0 Å². The molecule has 0 aliphatic heterocycles. The van der Waals surface area contributed by atoms with E-state index in [1.807, 2.05) is 0 Å². The molecule has 0 spiro atoms. The number of hydrogen-bond donors (Lipinski definition) is 1. The molecule has 0 atom stereocenters. The molecule has 3 rings (SSSR count). The van der Waals surface area contributed by atoms with Crippen molar-refractivity contribution in [2.24, 2.45) is 0 Å². The van der Waals surface area contributed by atoms with E-state index in [1.165, 1.54) is 24.3 Å². The van der Waals surface area contributed by atoms with E-state index in [0.29, 0.717) is 17.4 Å². The summed E-state index contributed by atoms with van der Waals surface area (Å²) >= 11 is 0.521. The van der Waals surface area contributed by atoms with E-state index in [-0.39, 0.29) is 9.79 Å². The van der Waals surface area contributed by atoms with Gasteiger partial charge in [-0.3, -0.25) is 4.79 Å². The lowest BCUT2D eigenvalue weighted by atomic mass is 10.1. The van der Waals surface area contributed by atoms with E-state index in [0.717, 1.165) is 29.6 Å². The summed E-state index contributed by atoms with van der Waals surface area (Å²) in [6.45, 7) is 0. The highest BCUT2D eigenvalue weighted by Gasteiger charge is 2.36. The van der Waals surface area contributed by atoms with Crippen molar-refractivity contribution in [3.63, 3.8) is 0 Å². The molecule has 6 nitrogen and oxygen atoms in total. The van der Waals surface area contributed by atoms with Crippen LogP contribution in [0.15, 0.2) is 80.0 Å². The number of carbonyl (C=O) groups excluding carboxylic acids is 1. The standard InChI is InChI=1S/C18H12F3NO5S3/c19-18(20,21)15-9-5-4-8-14(15)17(23)22-30(26,27)16-10-13(11-28-16)29(24,25)12-6-2-1-3-7-12/h1-11H,(H,22,23). The first-order chi connectivity index (χ1) is 13.9. The van der Waals surface area contributed by atoms with Gasteiger partial charge < -0.3 is 0 Å². The van der Waals surface area contributed by atoms with Gasteiger partial charge in [-0.25, -0.2) is 21.6 Å². The second-order valence-corrected chi connectivity index (χ2v) is 10.7. The van der Waals surface area contributed by atoms with Gasteiger partial charge in [-0.15, -0.1) is 11.3 Å². The maximum absolute atomic E-state index is 13.1. The van der Waals surface area contributed by atoms with Crippen molar-refractivity contribution in [3.05, 3.63) is 77.2 Å². The second-order valence-electron chi connectivity index (χ2n) is 5.90. The van der Waals surface area contributed by atoms with Crippen LogP contribution >= 0.6 is 11.3 Å². The van der Waals surface area contributed by atoms with Crippen LogP contribution in [0.2, 0.25) is 0 Å². The summed E-state index contributed by atoms with van der Waals surface area (Å²) in [5.41, 5.74) is -2.17. The third-order valence-corrected chi connectivity index (χ3v) is 8.55. The zero-order valence-corrected chi connectivity index (χ0v) is 17.2. The molecule has 1 heterocycles. The van der Waals surface area contributed by atoms with Gasteiger partial charge >= 0.3 is 6.18 Å². The number of benzene rings is 2. The number of amides is 1. The lowest BCUT2D eigenvalue weighted by Crippen LogP contribution is -2.31. The Morgan fingerprint density at radius 3 is 2.10 bits per heavy atom. The van der Waals surface area contributed by atoms with Crippen molar-refractivity contribution in [3.8, 4) is 0 Å². The predicted molar refractivity (Wildman–Crippen MR) is 102 cm³/mol. The van der Waals surface area contributed by atoms with Crippen LogP contribution < -0.4 is 4.72 Å². The highest BCUT2D eigenvalue weighted by Crippen LogP contribution is 2.32. The topological polar surface area (TPSA) is 97.4 Å². The van der Waals surface area contributed by atoms with Gasteiger partial charge in [0.05, 0.1) is 20.9 Å². The van der Waals surface area contributed by atoms with Crippen molar-refractivity contribution >= 4 is 37.1 Å². The lowest BCUT2D eigenvalue weighted by Gasteiger charge is -2.12. The first-order valence-electron chi connectivity index (χ1n) is 8.05. The Morgan fingerprint density at radius 2 is 1.47 bits per heavy atom. The summed E-state index contributed by atoms with van der Waals surface area (Å²) in [6, 6.07) is 11.8. The van der Waals surface area contributed by atoms with Crippen molar-refractivity contribution in [1.82, 2.24) is 4.72 Å². The highest BCUT2D eigenvalue weighted by molar-refractivity contribution is 7.93. The Balaban J connectivity index is 1.91. The Labute approximate surface area is 174 Å². The van der Waals surface area contributed by atoms with E-state index < -0.39 is 47.3 Å². The van der Waals surface area contributed by atoms with Gasteiger partial charge in [0.2, 0.25) is 9.84 Å². The number of sulfonamides is 1. The number of thiophene rings is 1. The summed E-state index contributed by atoms with van der Waals surface area (Å²) in [4.78, 5) is 11.8. The second kappa shape index (κ2) is 7.85. The minimum absolute atomic E-state index is 0.0603. The molecule has 3 aromatic rings. The molecule has 0 bridgehead atoms. The van der Waals surface area contributed by atoms with Gasteiger partial charge in [-0.1, -0.05) is 30.3 Å². The molecule has 1 aromatic heterocycles. The van der Waals surface area contributed by atoms with Crippen LogP contribution in [0.25, 0.3) is 0 Å². The lowest BCUT2D eigenvalue weighted by molar-refractivity contribution is -0.137. The summed E-state index contributed by atoms with van der Waals surface area (Å²) < 4.78 is 90.3. The van der Waals surface area contributed by atoms with Crippen LogP contribution in [-0.4, -0.2) is 22.7 Å². The van der Waals surface area contributed by atoms with Gasteiger partial charge in [0.15, 0.2) is 0 Å². The Bertz CT molecular complexity index is 1300. The first kappa shape index (κ1) is 22.0. The fourth-order valence-electron chi connectivity index (χ4n) is 2.47. The summed E-state index contributed by atoms with van der Waals surface area (Å²) in [5, 5.41) is 1.07. The van der Waals surface area contributed by atoms with Crippen LogP contribution in [0.5, 0.6) is 0 Å². The molecule has 0 unspecified atom stereocenters. The molecule has 0 aliphatic carbocycles. The minimum atomic E-state index is -4.86. The molecule has 158 valence electrons. The molecule has 1 amide bonds. The predicted octanol–water partition coefficient (Wildman–Crippen LogP) is 3.72. The van der Waals surface area contributed by atoms with Crippen molar-refractivity contribution in [2.75, 3.05) is 0 Å². The molecule has 0 aliphatic rings. The third kappa shape index (κ3) is 4.40. The summed E-state index contributed by atoms with van der Waals surface area (Å²) in [5.74, 6) is -1.48. The minimum Gasteiger partial charge on any atom is -0.268 e. The average molecular weight is 475 g/mol. The van der Waals surface area contributed by atoms with Crippen molar-refractivity contribution in [2.45, 2.75) is 20.2 Å². The molecule has 0 saturated carbocycles. The number of hydrogen-bond acceptors (Lipinski definition) is 6. The molecule has 2 aromatic carbocycles. The van der Waals surface area contributed by atoms with Gasteiger partial charge in [0.25, 0.3) is 15.9 Å². The van der Waals surface area contributed by atoms with Crippen LogP contribution in [0.1, 0.15) is 15.9 Å². The fraction of sp³-hybridized carbons (Fsp3) is 0.0556. The Morgan fingerprint density at radius 1 is 0.867 bits per heavy atom. The first-order valence-corrected chi connectivity index (χ1v) is 11.9. The number of nitrogens with one attached hydrogen (secondary N) is 1. The zero-order chi connectivity index (χ0) is 22.2. The van der Waals surface area contributed by atoms with Gasteiger partial charge in [-0.05, 0) is 30.3 Å². The molecule has 0 radical (unpaired) electrons. The molecule has 0 fully saturated rings. The monoisotopic (exact) mass is 475 g/mol. The number of sulfone groups is 1. The van der Waals surface area contributed by atoms with Gasteiger partial charge in [0, 0.05) is 5.38 Å². The normalized spacial score (nSPS) is 12.5. The van der Waals surface area contributed by atoms with E-state index in [4.69, 9.17) is 0 Å². The average Bonchev–Trinajstić information content (AvgIpc) is 3.20. The summed E-state index contributed by atoms with van der Waals surface area (Å²) in [7, 11) is -8.60. The maximum Gasteiger partial charge on any atom is 0.417 e. The molecular weight excluding hydrogens is 463 g/mol. The molecule has 0 saturated heterocycles. The third-order valence-electron chi connectivity index (χ3n) is 3.88. The Hall–Kier alpha value is -2.70. The quantitative estimate of drug-likeness (QED) is 0.607. The number of rotatable bonds is 5. The zero-order valence-electron chi connectivity index (χ0n) is 14.8. The van der Waals surface area contributed by atoms with E-state index in [2.05, 4.69) is 0 Å². The van der Waals surface area contributed by atoms with Crippen LogP contribution in [-0.2, 0) is 26.0 Å². The molecule has 12 heteroatoms. The number of halogens is 3. The van der Waals surface area contributed by atoms with Crippen LogP contribution in [0, 0.1) is 0 Å². The van der Waals surface area contributed by atoms with Gasteiger partial charge in [0.1, 0.15) is 4.21 Å². The van der Waals surface area contributed by atoms with Crippen molar-refractivity contribution in [1.29, 1.82) is 0 Å². The SMILES string of the molecule is O=C(NS(=O)(=O)c1cc(S(=O)(=O)c2ccccc2)cs1)c1ccccc1C(F)(F)F. The number of alkyl halides is 3. The van der Waals surface area contributed by atoms with Crippen LogP contribution in [0.4, 0.5) is 13.2 Å². The van der Waals surface area contributed by atoms with E-state index >= 15 is 0 Å². The number of carbonyl (C=O) groups is 1. The van der Waals surface area contributed by atoms with E-state index in [1.54, 1.807) is 10.8 Å². The maximum atomic E-state index is 13.1. The molecule has 1 N–H and O–H groups in total. The van der Waals surface area contributed by atoms with Gasteiger partial charge in [-0.2, -0.15) is 13.2 Å². The summed E-state index contributed by atoms with van der Waals surface area (Å²) in [6.07, 6.45) is -4.86. The Kier molecular flexibility index (Phi) is 5.76. The highest BCUT2D eigenvalue weighted by atomic mass is 32.2. The van der Waals surface area contributed by atoms with Crippen molar-refractivity contribution < 1.29 is 34.8 Å². The fourth-order valence-corrected chi connectivity index (χ4v) is 6.34. The molecule has 30 heavy (non-hydrogen) atoms. The van der Waals surface area contributed by atoms with E-state index in [9.17, 15) is 34.8 Å². The molecular formula is C18H12F3NO5S3.